The quantitative estimate of drug-likeness (QED) is 0.272. The highest BCUT2D eigenvalue weighted by Gasteiger charge is 2.09. The number of morpholine rings is 1. The minimum atomic E-state index is -0.271. The zero-order chi connectivity index (χ0) is 15.8. The first kappa shape index (κ1) is 20.6. The fourth-order valence-electron chi connectivity index (χ4n) is 2.23. The van der Waals surface area contributed by atoms with Gasteiger partial charge in [0.05, 0.1) is 19.8 Å². The number of hydrogen-bond donors (Lipinski definition) is 2. The number of hydrogen-bond acceptors (Lipinski definition) is 3. The van der Waals surface area contributed by atoms with Crippen LogP contribution in [0.2, 0.25) is 0 Å². The van der Waals surface area contributed by atoms with Gasteiger partial charge in [-0.15, -0.1) is 24.0 Å². The van der Waals surface area contributed by atoms with E-state index in [1.165, 1.54) is 6.07 Å². The van der Waals surface area contributed by atoms with Crippen LogP contribution in [0.4, 0.5) is 4.39 Å². The summed E-state index contributed by atoms with van der Waals surface area (Å²) in [5, 5.41) is 3.06. The topological polar surface area (TPSA) is 62.9 Å². The predicted molar refractivity (Wildman–Crippen MR) is 105 cm³/mol. The predicted octanol–water partition coefficient (Wildman–Crippen LogP) is 2.33. The van der Waals surface area contributed by atoms with Crippen LogP contribution in [0.3, 0.4) is 0 Å². The Morgan fingerprint density at radius 1 is 1.39 bits per heavy atom. The van der Waals surface area contributed by atoms with Gasteiger partial charge in [0.2, 0.25) is 0 Å². The zero-order valence-electron chi connectivity index (χ0n) is 12.9. The molecule has 0 bridgehead atoms. The van der Waals surface area contributed by atoms with E-state index >= 15 is 0 Å². The number of nitrogens with zero attached hydrogens (tertiary/aromatic N) is 2. The Morgan fingerprint density at radius 2 is 2.13 bits per heavy atom. The Kier molecular flexibility index (Phi) is 10.00. The van der Waals surface area contributed by atoms with Crippen molar-refractivity contribution in [3.63, 3.8) is 0 Å². The lowest BCUT2D eigenvalue weighted by Gasteiger charge is -2.26. The SMILES string of the molecule is I.NC(=NCc1cc(Br)ccc1F)NCCCN1CCOCC1. The number of guanidine groups is 1. The van der Waals surface area contributed by atoms with Gasteiger partial charge in [-0.3, -0.25) is 4.90 Å². The van der Waals surface area contributed by atoms with E-state index in [1.54, 1.807) is 12.1 Å². The maximum Gasteiger partial charge on any atom is 0.188 e. The normalized spacial score (nSPS) is 16.0. The molecule has 0 radical (unpaired) electrons. The van der Waals surface area contributed by atoms with Gasteiger partial charge in [0.15, 0.2) is 5.96 Å². The second-order valence-corrected chi connectivity index (χ2v) is 6.09. The van der Waals surface area contributed by atoms with Gasteiger partial charge in [-0.05, 0) is 31.2 Å². The third-order valence-corrected chi connectivity index (χ3v) is 3.98. The number of nitrogens with two attached hydrogens (primary N) is 1. The minimum Gasteiger partial charge on any atom is -0.379 e. The van der Waals surface area contributed by atoms with Gasteiger partial charge in [0.25, 0.3) is 0 Å². The Labute approximate surface area is 162 Å². The summed E-state index contributed by atoms with van der Waals surface area (Å²) in [6, 6.07) is 4.79. The van der Waals surface area contributed by atoms with E-state index in [4.69, 9.17) is 10.5 Å². The molecule has 3 N–H and O–H groups in total. The van der Waals surface area contributed by atoms with Crippen molar-refractivity contribution in [1.29, 1.82) is 0 Å². The van der Waals surface area contributed by atoms with Gasteiger partial charge < -0.3 is 15.8 Å². The molecule has 1 saturated heterocycles. The van der Waals surface area contributed by atoms with Crippen LogP contribution in [0.15, 0.2) is 27.7 Å². The lowest BCUT2D eigenvalue weighted by atomic mass is 10.2. The lowest BCUT2D eigenvalue weighted by molar-refractivity contribution is 0.0376. The third kappa shape index (κ3) is 7.77. The van der Waals surface area contributed by atoms with Crippen molar-refractivity contribution in [1.82, 2.24) is 10.2 Å². The molecular formula is C15H23BrFIN4O. The van der Waals surface area contributed by atoms with Gasteiger partial charge in [-0.25, -0.2) is 9.38 Å². The van der Waals surface area contributed by atoms with Crippen molar-refractivity contribution in [2.75, 3.05) is 39.4 Å². The lowest BCUT2D eigenvalue weighted by Crippen LogP contribution is -2.39. The summed E-state index contributed by atoms with van der Waals surface area (Å²) >= 11 is 3.32. The first-order chi connectivity index (χ1) is 10.6. The molecule has 8 heteroatoms. The molecule has 0 saturated carbocycles. The molecule has 0 aromatic heterocycles. The van der Waals surface area contributed by atoms with Crippen LogP contribution in [0.5, 0.6) is 0 Å². The molecule has 1 aromatic rings. The number of nitrogens with one attached hydrogen (secondary N) is 1. The average Bonchev–Trinajstić information content (AvgIpc) is 2.53. The zero-order valence-corrected chi connectivity index (χ0v) is 16.8. The summed E-state index contributed by atoms with van der Waals surface area (Å²) in [4.78, 5) is 6.54. The fourth-order valence-corrected chi connectivity index (χ4v) is 2.64. The molecule has 23 heavy (non-hydrogen) atoms. The van der Waals surface area contributed by atoms with Crippen molar-refractivity contribution in [2.45, 2.75) is 13.0 Å². The minimum absolute atomic E-state index is 0. The summed E-state index contributed by atoms with van der Waals surface area (Å²) in [5.74, 6) is 0.0772. The van der Waals surface area contributed by atoms with Crippen LogP contribution >= 0.6 is 39.9 Å². The van der Waals surface area contributed by atoms with Crippen LogP contribution in [0, 0.1) is 5.82 Å². The van der Waals surface area contributed by atoms with Crippen molar-refractivity contribution in [2.24, 2.45) is 10.7 Å². The number of halogens is 3. The van der Waals surface area contributed by atoms with E-state index < -0.39 is 0 Å². The van der Waals surface area contributed by atoms with Crippen molar-refractivity contribution in [3.8, 4) is 0 Å². The standard InChI is InChI=1S/C15H22BrFN4O.HI/c16-13-2-3-14(17)12(10-13)11-20-15(18)19-4-1-5-21-6-8-22-9-7-21;/h2-3,10H,1,4-9,11H2,(H3,18,19,20);1H. The van der Waals surface area contributed by atoms with Crippen molar-refractivity contribution >= 4 is 45.9 Å². The monoisotopic (exact) mass is 500 g/mol. The molecule has 130 valence electrons. The highest BCUT2D eigenvalue weighted by atomic mass is 127. The molecular weight excluding hydrogens is 478 g/mol. The highest BCUT2D eigenvalue weighted by Crippen LogP contribution is 2.16. The molecule has 1 aliphatic rings. The van der Waals surface area contributed by atoms with Gasteiger partial charge >= 0.3 is 0 Å². The van der Waals surface area contributed by atoms with E-state index in [9.17, 15) is 4.39 Å². The number of aliphatic imine (C=N–C) groups is 1. The molecule has 2 rings (SSSR count). The molecule has 0 atom stereocenters. The molecule has 0 unspecified atom stereocenters. The van der Waals surface area contributed by atoms with Crippen LogP contribution < -0.4 is 11.1 Å². The Hall–Kier alpha value is -0.450. The Morgan fingerprint density at radius 3 is 2.87 bits per heavy atom. The third-order valence-electron chi connectivity index (χ3n) is 3.49. The second kappa shape index (κ2) is 11.2. The van der Waals surface area contributed by atoms with E-state index in [0.717, 1.165) is 50.3 Å². The first-order valence-electron chi connectivity index (χ1n) is 7.43. The number of benzene rings is 1. The molecule has 1 aromatic carbocycles. The maximum absolute atomic E-state index is 13.6. The van der Waals surface area contributed by atoms with Gasteiger partial charge in [-0.2, -0.15) is 0 Å². The average molecular weight is 501 g/mol. The second-order valence-electron chi connectivity index (χ2n) is 5.17. The molecule has 1 heterocycles. The van der Waals surface area contributed by atoms with Crippen molar-refractivity contribution < 1.29 is 9.13 Å². The summed E-state index contributed by atoms with van der Waals surface area (Å²) in [6.07, 6.45) is 0.988. The molecule has 0 aliphatic carbocycles. The molecule has 0 amide bonds. The Bertz CT molecular complexity index is 512. The van der Waals surface area contributed by atoms with Gasteiger partial charge in [-0.1, -0.05) is 15.9 Å². The molecule has 0 spiro atoms. The molecule has 1 aliphatic heterocycles. The van der Waals surface area contributed by atoms with Crippen LogP contribution in [0.1, 0.15) is 12.0 Å². The van der Waals surface area contributed by atoms with E-state index in [2.05, 4.69) is 31.1 Å². The smallest absolute Gasteiger partial charge is 0.188 e. The molecule has 5 nitrogen and oxygen atoms in total. The van der Waals surface area contributed by atoms with E-state index in [1.807, 2.05) is 0 Å². The summed E-state index contributed by atoms with van der Waals surface area (Å²) in [6.45, 7) is 5.62. The fraction of sp³-hybridized carbons (Fsp3) is 0.533. The summed E-state index contributed by atoms with van der Waals surface area (Å²) in [7, 11) is 0. The number of rotatable bonds is 6. The van der Waals surface area contributed by atoms with Crippen LogP contribution in [-0.2, 0) is 11.3 Å². The summed E-state index contributed by atoms with van der Waals surface area (Å²) < 4.78 is 19.7. The highest BCUT2D eigenvalue weighted by molar-refractivity contribution is 14.0. The van der Waals surface area contributed by atoms with E-state index in [-0.39, 0.29) is 36.3 Å². The van der Waals surface area contributed by atoms with E-state index in [0.29, 0.717) is 11.5 Å². The molecule has 1 fully saturated rings. The largest absolute Gasteiger partial charge is 0.379 e. The first-order valence-corrected chi connectivity index (χ1v) is 8.22. The van der Waals surface area contributed by atoms with Crippen LogP contribution in [0.25, 0.3) is 0 Å². The van der Waals surface area contributed by atoms with Gasteiger partial charge in [0.1, 0.15) is 5.82 Å². The number of ether oxygens (including phenoxy) is 1. The van der Waals surface area contributed by atoms with Gasteiger partial charge in [0, 0.05) is 29.7 Å². The Balaban J connectivity index is 0.00000264. The van der Waals surface area contributed by atoms with Crippen molar-refractivity contribution in [3.05, 3.63) is 34.1 Å². The van der Waals surface area contributed by atoms with Crippen LogP contribution in [-0.4, -0.2) is 50.3 Å². The maximum atomic E-state index is 13.6. The summed E-state index contributed by atoms with van der Waals surface area (Å²) in [5.41, 5.74) is 6.32.